The summed E-state index contributed by atoms with van der Waals surface area (Å²) in [6.07, 6.45) is 7.37. The van der Waals surface area contributed by atoms with Gasteiger partial charge in [-0.05, 0) is 68.4 Å². The smallest absolute Gasteiger partial charge is 0.272 e. The van der Waals surface area contributed by atoms with Gasteiger partial charge in [0.15, 0.2) is 5.69 Å². The van der Waals surface area contributed by atoms with E-state index in [-0.39, 0.29) is 11.8 Å². The lowest BCUT2D eigenvalue weighted by Gasteiger charge is -2.15. The molecule has 1 aromatic heterocycles. The molecule has 1 aliphatic carbocycles. The highest BCUT2D eigenvalue weighted by molar-refractivity contribution is 5.95. The first-order valence-corrected chi connectivity index (χ1v) is 12.0. The fourth-order valence-electron chi connectivity index (χ4n) is 4.87. The molecule has 33 heavy (non-hydrogen) atoms. The molecule has 0 spiro atoms. The van der Waals surface area contributed by atoms with Crippen molar-refractivity contribution < 1.29 is 9.59 Å². The summed E-state index contributed by atoms with van der Waals surface area (Å²) in [6.45, 7) is 2.09. The largest absolute Gasteiger partial charge is 0.347 e. The number of para-hydroxylation sites is 1. The Morgan fingerprint density at radius 2 is 1.58 bits per heavy atom. The van der Waals surface area contributed by atoms with Crippen molar-refractivity contribution in [1.82, 2.24) is 20.0 Å². The van der Waals surface area contributed by atoms with Gasteiger partial charge < -0.3 is 10.2 Å². The van der Waals surface area contributed by atoms with Gasteiger partial charge in [0.05, 0.1) is 5.69 Å². The van der Waals surface area contributed by atoms with E-state index < -0.39 is 0 Å². The number of nitrogens with zero attached hydrogens (tertiary/aromatic N) is 3. The maximum atomic E-state index is 13.1. The molecular formula is C27H30N4O2. The van der Waals surface area contributed by atoms with Crippen LogP contribution in [0, 0.1) is 0 Å². The fourth-order valence-corrected chi connectivity index (χ4v) is 4.87. The Kier molecular flexibility index (Phi) is 6.24. The number of carbonyl (C=O) groups is 2. The first kappa shape index (κ1) is 21.4. The Morgan fingerprint density at radius 1 is 0.848 bits per heavy atom. The molecule has 0 atom stereocenters. The number of rotatable bonds is 5. The van der Waals surface area contributed by atoms with E-state index in [1.165, 1.54) is 6.42 Å². The molecule has 3 aromatic rings. The molecule has 2 aliphatic rings. The number of aromatic nitrogens is 2. The van der Waals surface area contributed by atoms with Crippen molar-refractivity contribution in [1.29, 1.82) is 0 Å². The second-order valence-corrected chi connectivity index (χ2v) is 8.96. The van der Waals surface area contributed by atoms with Gasteiger partial charge in [-0.3, -0.25) is 9.59 Å². The highest BCUT2D eigenvalue weighted by Crippen LogP contribution is 2.26. The van der Waals surface area contributed by atoms with Gasteiger partial charge in [-0.15, -0.1) is 0 Å². The first-order valence-electron chi connectivity index (χ1n) is 12.0. The van der Waals surface area contributed by atoms with Crippen LogP contribution in [0.5, 0.6) is 0 Å². The van der Waals surface area contributed by atoms with Gasteiger partial charge in [0.1, 0.15) is 0 Å². The minimum absolute atomic E-state index is 0.0947. The summed E-state index contributed by atoms with van der Waals surface area (Å²) in [7, 11) is 0. The number of nitrogens with one attached hydrogen (secondary N) is 1. The first-order chi connectivity index (χ1) is 16.2. The van der Waals surface area contributed by atoms with Crippen LogP contribution in [0.15, 0.2) is 54.6 Å². The molecular weight excluding hydrogens is 412 g/mol. The van der Waals surface area contributed by atoms with E-state index >= 15 is 0 Å². The summed E-state index contributed by atoms with van der Waals surface area (Å²) >= 11 is 0. The third-order valence-corrected chi connectivity index (χ3v) is 6.69. The average Bonchev–Trinajstić information content (AvgIpc) is 3.46. The Labute approximate surface area is 194 Å². The van der Waals surface area contributed by atoms with E-state index in [1.807, 2.05) is 64.2 Å². The van der Waals surface area contributed by atoms with Crippen LogP contribution in [0.1, 0.15) is 69.8 Å². The summed E-state index contributed by atoms with van der Waals surface area (Å²) in [6, 6.07) is 17.6. The van der Waals surface area contributed by atoms with Crippen molar-refractivity contribution in [2.24, 2.45) is 0 Å². The van der Waals surface area contributed by atoms with E-state index in [9.17, 15) is 9.59 Å². The highest BCUT2D eigenvalue weighted by atomic mass is 16.2. The summed E-state index contributed by atoms with van der Waals surface area (Å²) < 4.78 is 1.95. The molecule has 170 valence electrons. The predicted molar refractivity (Wildman–Crippen MR) is 128 cm³/mol. The van der Waals surface area contributed by atoms with Gasteiger partial charge in [0.25, 0.3) is 11.8 Å². The molecule has 0 bridgehead atoms. The Balaban J connectivity index is 1.31. The third kappa shape index (κ3) is 4.56. The lowest BCUT2D eigenvalue weighted by atomic mass is 10.1. The van der Waals surface area contributed by atoms with Crippen LogP contribution in [-0.4, -0.2) is 39.6 Å². The molecule has 1 saturated heterocycles. The number of hydrogen-bond donors (Lipinski definition) is 1. The van der Waals surface area contributed by atoms with Crippen molar-refractivity contribution in [2.45, 2.75) is 51.5 Å². The normalized spacial score (nSPS) is 15.7. The van der Waals surface area contributed by atoms with Crippen LogP contribution in [0.4, 0.5) is 0 Å². The predicted octanol–water partition coefficient (Wildman–Crippen LogP) is 4.31. The topological polar surface area (TPSA) is 67.2 Å². The minimum atomic E-state index is -0.139. The SMILES string of the molecule is O=C(NCc1ccc(C(=O)N2CCCC2)cc1)c1nn(-c2ccccc2)c2c1CCCCC2. The van der Waals surface area contributed by atoms with E-state index in [4.69, 9.17) is 5.10 Å². The lowest BCUT2D eigenvalue weighted by molar-refractivity contribution is 0.0792. The average molecular weight is 443 g/mol. The Bertz CT molecular complexity index is 1130. The number of likely N-dealkylation sites (tertiary alicyclic amines) is 1. The molecule has 6 heteroatoms. The summed E-state index contributed by atoms with van der Waals surface area (Å²) in [4.78, 5) is 27.6. The maximum absolute atomic E-state index is 13.1. The van der Waals surface area contributed by atoms with Crippen molar-refractivity contribution in [3.05, 3.63) is 82.7 Å². The van der Waals surface area contributed by atoms with E-state index in [1.54, 1.807) is 0 Å². The second kappa shape index (κ2) is 9.61. The minimum Gasteiger partial charge on any atom is -0.347 e. The van der Waals surface area contributed by atoms with Gasteiger partial charge in [-0.1, -0.05) is 36.8 Å². The van der Waals surface area contributed by atoms with Crippen LogP contribution >= 0.6 is 0 Å². The van der Waals surface area contributed by atoms with Crippen LogP contribution in [-0.2, 0) is 19.4 Å². The molecule has 1 fully saturated rings. The molecule has 0 saturated carbocycles. The quantitative estimate of drug-likeness (QED) is 0.599. The Hall–Kier alpha value is -3.41. The van der Waals surface area contributed by atoms with E-state index in [0.717, 1.165) is 74.1 Å². The maximum Gasteiger partial charge on any atom is 0.272 e. The molecule has 5 rings (SSSR count). The van der Waals surface area contributed by atoms with E-state index in [2.05, 4.69) is 5.32 Å². The summed E-state index contributed by atoms with van der Waals surface area (Å²) in [5.74, 6) is -0.0442. The number of hydrogen-bond acceptors (Lipinski definition) is 3. The van der Waals surface area contributed by atoms with Crippen LogP contribution in [0.25, 0.3) is 5.69 Å². The molecule has 0 radical (unpaired) electrons. The Morgan fingerprint density at radius 3 is 2.33 bits per heavy atom. The molecule has 1 aliphatic heterocycles. The van der Waals surface area contributed by atoms with Crippen molar-refractivity contribution in [2.75, 3.05) is 13.1 Å². The third-order valence-electron chi connectivity index (χ3n) is 6.69. The van der Waals surface area contributed by atoms with Gasteiger partial charge in [-0.2, -0.15) is 5.10 Å². The van der Waals surface area contributed by atoms with Gasteiger partial charge in [0, 0.05) is 36.5 Å². The number of carbonyl (C=O) groups excluding carboxylic acids is 2. The standard InChI is InChI=1S/C27H30N4O2/c32-26(28-19-20-13-15-21(16-14-20)27(33)30-17-7-8-18-30)25-23-11-5-2-6-12-24(23)31(29-25)22-9-3-1-4-10-22/h1,3-4,9-10,13-16H,2,5-8,11-12,17-19H2,(H,28,32). The van der Waals surface area contributed by atoms with Gasteiger partial charge in [0.2, 0.25) is 0 Å². The zero-order chi connectivity index (χ0) is 22.6. The fraction of sp³-hybridized carbons (Fsp3) is 0.370. The van der Waals surface area contributed by atoms with Crippen molar-refractivity contribution in [3.63, 3.8) is 0 Å². The number of benzene rings is 2. The molecule has 0 unspecified atom stereocenters. The van der Waals surface area contributed by atoms with E-state index in [0.29, 0.717) is 17.8 Å². The molecule has 2 amide bonds. The molecule has 1 N–H and O–H groups in total. The highest BCUT2D eigenvalue weighted by Gasteiger charge is 2.25. The van der Waals surface area contributed by atoms with Crippen LogP contribution in [0.3, 0.4) is 0 Å². The molecule has 2 heterocycles. The van der Waals surface area contributed by atoms with Crippen LogP contribution < -0.4 is 5.32 Å². The second-order valence-electron chi connectivity index (χ2n) is 8.96. The van der Waals surface area contributed by atoms with Crippen molar-refractivity contribution >= 4 is 11.8 Å². The summed E-state index contributed by atoms with van der Waals surface area (Å²) in [5.41, 5.74) is 5.45. The summed E-state index contributed by atoms with van der Waals surface area (Å²) in [5, 5.41) is 7.80. The van der Waals surface area contributed by atoms with Gasteiger partial charge >= 0.3 is 0 Å². The number of fused-ring (bicyclic) bond motifs is 1. The zero-order valence-electron chi connectivity index (χ0n) is 18.9. The number of amides is 2. The lowest BCUT2D eigenvalue weighted by Crippen LogP contribution is -2.27. The van der Waals surface area contributed by atoms with Crippen molar-refractivity contribution in [3.8, 4) is 5.69 Å². The molecule has 2 aromatic carbocycles. The molecule has 6 nitrogen and oxygen atoms in total. The van der Waals surface area contributed by atoms with Gasteiger partial charge in [-0.25, -0.2) is 4.68 Å². The zero-order valence-corrected chi connectivity index (χ0v) is 18.9. The monoisotopic (exact) mass is 442 g/mol. The van der Waals surface area contributed by atoms with Crippen LogP contribution in [0.2, 0.25) is 0 Å².